The van der Waals surface area contributed by atoms with Gasteiger partial charge in [-0.15, -0.1) is 11.8 Å². The lowest BCUT2D eigenvalue weighted by Gasteiger charge is -2.07. The Morgan fingerprint density at radius 3 is 2.75 bits per heavy atom. The molecule has 9 heteroatoms. The van der Waals surface area contributed by atoms with Gasteiger partial charge in [0.2, 0.25) is 10.0 Å². The minimum Gasteiger partial charge on any atom is -0.298 e. The average molecular weight is 384 g/mol. The molecule has 1 saturated carbocycles. The molecule has 0 atom stereocenters. The molecule has 1 aliphatic rings. The first-order chi connectivity index (χ1) is 11.4. The van der Waals surface area contributed by atoms with Crippen LogP contribution in [0.2, 0.25) is 0 Å². The number of hydrogen-bond acceptors (Lipinski definition) is 6. The zero-order valence-electron chi connectivity index (χ0n) is 13.2. The number of carbonyl (C=O) groups is 1. The summed E-state index contributed by atoms with van der Waals surface area (Å²) in [7, 11) is -3.58. The first-order valence-corrected chi connectivity index (χ1v) is 10.9. The minimum atomic E-state index is -3.58. The van der Waals surface area contributed by atoms with Crippen LogP contribution < -0.4 is 10.0 Å². The highest BCUT2D eigenvalue weighted by atomic mass is 32.2. The van der Waals surface area contributed by atoms with Crippen LogP contribution in [0.4, 0.5) is 5.13 Å². The van der Waals surface area contributed by atoms with Gasteiger partial charge in [0.25, 0.3) is 5.91 Å². The van der Waals surface area contributed by atoms with E-state index in [1.807, 2.05) is 13.2 Å². The molecule has 2 aromatic rings. The number of carbonyl (C=O) groups excluding carboxylic acids is 1. The number of nitrogens with one attached hydrogen (secondary N) is 2. The Balaban J connectivity index is 1.78. The maximum Gasteiger partial charge on any atom is 0.257 e. The van der Waals surface area contributed by atoms with Crippen molar-refractivity contribution >= 4 is 44.2 Å². The van der Waals surface area contributed by atoms with Crippen molar-refractivity contribution in [3.8, 4) is 0 Å². The molecule has 1 aliphatic carbocycles. The highest BCUT2D eigenvalue weighted by molar-refractivity contribution is 8.00. The molecule has 3 rings (SSSR count). The topological polar surface area (TPSA) is 88.2 Å². The third-order valence-electron chi connectivity index (χ3n) is 3.47. The zero-order valence-corrected chi connectivity index (χ0v) is 15.6. The van der Waals surface area contributed by atoms with Crippen LogP contribution in [0.1, 0.15) is 28.9 Å². The Labute approximate surface area is 149 Å². The number of thiazole rings is 1. The average Bonchev–Trinajstić information content (AvgIpc) is 3.28. The third-order valence-corrected chi connectivity index (χ3v) is 7.27. The van der Waals surface area contributed by atoms with E-state index >= 15 is 0 Å². The van der Waals surface area contributed by atoms with Crippen LogP contribution in [-0.4, -0.2) is 31.6 Å². The first kappa shape index (κ1) is 17.4. The van der Waals surface area contributed by atoms with Crippen molar-refractivity contribution in [2.45, 2.75) is 34.9 Å². The number of aryl methyl sites for hydroxylation is 1. The second kappa shape index (κ2) is 6.83. The number of thioether (sulfide) groups is 1. The predicted octanol–water partition coefficient (Wildman–Crippen LogP) is 2.87. The van der Waals surface area contributed by atoms with Gasteiger partial charge in [-0.05, 0) is 44.2 Å². The molecule has 0 bridgehead atoms. The highest BCUT2D eigenvalue weighted by Crippen LogP contribution is 2.30. The Hall–Kier alpha value is -1.42. The molecule has 6 nitrogen and oxygen atoms in total. The van der Waals surface area contributed by atoms with Gasteiger partial charge in [0.05, 0.1) is 14.8 Å². The van der Waals surface area contributed by atoms with Crippen molar-refractivity contribution in [3.05, 3.63) is 35.5 Å². The van der Waals surface area contributed by atoms with E-state index in [1.54, 1.807) is 23.9 Å². The molecule has 2 N–H and O–H groups in total. The normalized spacial score (nSPS) is 14.6. The largest absolute Gasteiger partial charge is 0.298 e. The predicted molar refractivity (Wildman–Crippen MR) is 96.4 cm³/mol. The second-order valence-corrected chi connectivity index (χ2v) is 9.26. The Morgan fingerprint density at radius 2 is 2.12 bits per heavy atom. The van der Waals surface area contributed by atoms with Gasteiger partial charge in [-0.25, -0.2) is 18.1 Å². The molecule has 0 spiro atoms. The van der Waals surface area contributed by atoms with Crippen molar-refractivity contribution in [2.24, 2.45) is 0 Å². The number of nitrogens with zero attached hydrogens (tertiary/aromatic N) is 1. The maximum absolute atomic E-state index is 12.4. The number of sulfonamides is 1. The quantitative estimate of drug-likeness (QED) is 0.749. The van der Waals surface area contributed by atoms with Crippen LogP contribution in [0, 0.1) is 6.92 Å². The summed E-state index contributed by atoms with van der Waals surface area (Å²) in [6, 6.07) is 6.05. The Morgan fingerprint density at radius 1 is 1.38 bits per heavy atom. The molecule has 1 aromatic heterocycles. The molecule has 1 fully saturated rings. The number of hydrogen-bond donors (Lipinski definition) is 2. The van der Waals surface area contributed by atoms with Gasteiger partial charge >= 0.3 is 0 Å². The SMILES string of the molecule is CSc1sc(NC(=O)c2cccc(S(=O)(=O)NC3CC3)c2)nc1C. The van der Waals surface area contributed by atoms with Gasteiger partial charge in [-0.2, -0.15) is 0 Å². The van der Waals surface area contributed by atoms with Gasteiger partial charge in [-0.3, -0.25) is 10.1 Å². The number of amides is 1. The molecule has 1 heterocycles. The first-order valence-electron chi connectivity index (χ1n) is 7.34. The fraction of sp³-hybridized carbons (Fsp3) is 0.333. The van der Waals surface area contributed by atoms with E-state index in [0.717, 1.165) is 22.7 Å². The lowest BCUT2D eigenvalue weighted by molar-refractivity contribution is 0.102. The monoisotopic (exact) mass is 383 g/mol. The fourth-order valence-electron chi connectivity index (χ4n) is 2.09. The summed E-state index contributed by atoms with van der Waals surface area (Å²) >= 11 is 2.97. The molecule has 24 heavy (non-hydrogen) atoms. The van der Waals surface area contributed by atoms with Crippen molar-refractivity contribution in [1.82, 2.24) is 9.71 Å². The summed E-state index contributed by atoms with van der Waals surface area (Å²) in [5.41, 5.74) is 1.15. The van der Waals surface area contributed by atoms with Crippen LogP contribution in [0.3, 0.4) is 0 Å². The van der Waals surface area contributed by atoms with Gasteiger partial charge < -0.3 is 0 Å². The van der Waals surface area contributed by atoms with Crippen molar-refractivity contribution < 1.29 is 13.2 Å². The molecule has 0 aliphatic heterocycles. The van der Waals surface area contributed by atoms with Crippen LogP contribution in [0.15, 0.2) is 33.4 Å². The number of aromatic nitrogens is 1. The number of benzene rings is 1. The minimum absolute atomic E-state index is 0.0238. The van der Waals surface area contributed by atoms with Crippen molar-refractivity contribution in [3.63, 3.8) is 0 Å². The van der Waals surface area contributed by atoms with Gasteiger partial charge in [-0.1, -0.05) is 17.4 Å². The molecule has 0 radical (unpaired) electrons. The molecule has 1 aromatic carbocycles. The highest BCUT2D eigenvalue weighted by Gasteiger charge is 2.28. The van der Waals surface area contributed by atoms with Crippen LogP contribution in [0.5, 0.6) is 0 Å². The summed E-state index contributed by atoms with van der Waals surface area (Å²) in [5.74, 6) is -0.375. The van der Waals surface area contributed by atoms with Crippen molar-refractivity contribution in [2.75, 3.05) is 11.6 Å². The van der Waals surface area contributed by atoms with Crippen LogP contribution in [0.25, 0.3) is 0 Å². The molecule has 0 unspecified atom stereocenters. The van der Waals surface area contributed by atoms with Gasteiger partial charge in [0, 0.05) is 11.6 Å². The third kappa shape index (κ3) is 3.97. The number of anilines is 1. The van der Waals surface area contributed by atoms with Crippen LogP contribution >= 0.6 is 23.1 Å². The van der Waals surface area contributed by atoms with Gasteiger partial charge in [0.15, 0.2) is 5.13 Å². The molecular formula is C15H17N3O3S3. The summed E-state index contributed by atoms with van der Waals surface area (Å²) in [6.07, 6.45) is 3.68. The van der Waals surface area contributed by atoms with E-state index < -0.39 is 10.0 Å². The maximum atomic E-state index is 12.4. The number of rotatable bonds is 6. The van der Waals surface area contributed by atoms with E-state index in [0.29, 0.717) is 5.13 Å². The van der Waals surface area contributed by atoms with Gasteiger partial charge in [0.1, 0.15) is 0 Å². The van der Waals surface area contributed by atoms with E-state index in [4.69, 9.17) is 0 Å². The summed E-state index contributed by atoms with van der Waals surface area (Å²) < 4.78 is 28.1. The Kier molecular flexibility index (Phi) is 4.95. The molecule has 128 valence electrons. The summed E-state index contributed by atoms with van der Waals surface area (Å²) in [4.78, 5) is 16.8. The van der Waals surface area contributed by atoms with E-state index in [-0.39, 0.29) is 22.4 Å². The summed E-state index contributed by atoms with van der Waals surface area (Å²) in [5, 5.41) is 3.23. The van der Waals surface area contributed by atoms with Crippen molar-refractivity contribution in [1.29, 1.82) is 0 Å². The van der Waals surface area contributed by atoms with E-state index in [1.165, 1.54) is 23.5 Å². The smallest absolute Gasteiger partial charge is 0.257 e. The second-order valence-electron chi connectivity index (χ2n) is 5.47. The lowest BCUT2D eigenvalue weighted by atomic mass is 10.2. The van der Waals surface area contributed by atoms with Crippen LogP contribution in [-0.2, 0) is 10.0 Å². The fourth-order valence-corrected chi connectivity index (χ4v) is 5.04. The molecule has 1 amide bonds. The standard InChI is InChI=1S/C15H17N3O3S3/c1-9-14(22-2)23-15(16-9)17-13(19)10-4-3-5-12(8-10)24(20,21)18-11-6-7-11/h3-5,8,11,18H,6-7H2,1-2H3,(H,16,17,19). The van der Waals surface area contributed by atoms with E-state index in [9.17, 15) is 13.2 Å². The molecular weight excluding hydrogens is 366 g/mol. The summed E-state index contributed by atoms with van der Waals surface area (Å²) in [6.45, 7) is 1.88. The Bertz CT molecular complexity index is 873. The zero-order chi connectivity index (χ0) is 17.3. The van der Waals surface area contributed by atoms with E-state index in [2.05, 4.69) is 15.0 Å². The molecule has 0 saturated heterocycles. The lowest BCUT2D eigenvalue weighted by Crippen LogP contribution is -2.26.